The highest BCUT2D eigenvalue weighted by Gasteiger charge is 2.40. The molecular formula is C19H16N4O3S3. The number of thiophene rings is 1. The summed E-state index contributed by atoms with van der Waals surface area (Å²) in [5.74, 6) is -0.372. The van der Waals surface area contributed by atoms with Gasteiger partial charge in [-0.3, -0.25) is 4.79 Å². The molecule has 1 N–H and O–H groups in total. The summed E-state index contributed by atoms with van der Waals surface area (Å²) in [6.45, 7) is 0.326. The summed E-state index contributed by atoms with van der Waals surface area (Å²) >= 11 is 2.42. The molecule has 0 aliphatic carbocycles. The summed E-state index contributed by atoms with van der Waals surface area (Å²) in [5.41, 5.74) is 2.08. The quantitative estimate of drug-likeness (QED) is 0.648. The predicted octanol–water partition coefficient (Wildman–Crippen LogP) is 3.54. The van der Waals surface area contributed by atoms with Crippen molar-refractivity contribution in [2.75, 3.05) is 11.9 Å². The molecule has 1 aromatic carbocycles. The van der Waals surface area contributed by atoms with Crippen LogP contribution < -0.4 is 5.32 Å². The Kier molecular flexibility index (Phi) is 5.47. The van der Waals surface area contributed by atoms with E-state index in [1.807, 2.05) is 5.38 Å². The molecule has 29 heavy (non-hydrogen) atoms. The lowest BCUT2D eigenvalue weighted by Crippen LogP contribution is -2.42. The summed E-state index contributed by atoms with van der Waals surface area (Å²) in [4.78, 5) is 17.2. The molecule has 1 saturated heterocycles. The van der Waals surface area contributed by atoms with E-state index in [1.165, 1.54) is 15.6 Å². The first kappa shape index (κ1) is 19.7. The highest BCUT2D eigenvalue weighted by molar-refractivity contribution is 7.91. The van der Waals surface area contributed by atoms with Crippen molar-refractivity contribution in [3.63, 3.8) is 0 Å². The summed E-state index contributed by atoms with van der Waals surface area (Å²) in [5, 5.41) is 15.6. The Morgan fingerprint density at radius 2 is 2.03 bits per heavy atom. The number of sulfonamides is 1. The standard InChI is InChI=1S/C19H16N4O3S3/c20-11-13-5-7-14(8-6-13)15-12-28-19(21-15)22-18(24)16-3-1-9-23(16)29(25,26)17-4-2-10-27-17/h2,4-8,10,12,16H,1,3,9H2,(H,21,22,24)/t16-/m0/s1. The van der Waals surface area contributed by atoms with Crippen molar-refractivity contribution in [1.82, 2.24) is 9.29 Å². The fraction of sp³-hybridized carbons (Fsp3) is 0.211. The Morgan fingerprint density at radius 3 is 2.72 bits per heavy atom. The lowest BCUT2D eigenvalue weighted by molar-refractivity contribution is -0.119. The van der Waals surface area contributed by atoms with Gasteiger partial charge >= 0.3 is 0 Å². The minimum Gasteiger partial charge on any atom is -0.301 e. The van der Waals surface area contributed by atoms with Gasteiger partial charge in [-0.25, -0.2) is 13.4 Å². The number of nitrogens with one attached hydrogen (secondary N) is 1. The molecule has 3 aromatic rings. The first-order chi connectivity index (χ1) is 14.0. The molecule has 0 radical (unpaired) electrons. The van der Waals surface area contributed by atoms with Crippen LogP contribution in [0.4, 0.5) is 5.13 Å². The number of rotatable bonds is 5. The van der Waals surface area contributed by atoms with Crippen molar-refractivity contribution >= 4 is 43.7 Å². The number of thiazole rings is 1. The van der Waals surface area contributed by atoms with Crippen LogP contribution in [0.1, 0.15) is 18.4 Å². The van der Waals surface area contributed by atoms with Crippen molar-refractivity contribution < 1.29 is 13.2 Å². The zero-order valence-corrected chi connectivity index (χ0v) is 17.6. The average molecular weight is 445 g/mol. The molecule has 0 spiro atoms. The number of hydrogen-bond acceptors (Lipinski definition) is 7. The molecule has 1 aliphatic rings. The van der Waals surface area contributed by atoms with Crippen LogP contribution in [0.25, 0.3) is 11.3 Å². The molecule has 0 unspecified atom stereocenters. The van der Waals surface area contributed by atoms with E-state index < -0.39 is 16.1 Å². The van der Waals surface area contributed by atoms with Gasteiger partial charge in [0.25, 0.3) is 10.0 Å². The van der Waals surface area contributed by atoms with Crippen molar-refractivity contribution in [2.45, 2.75) is 23.1 Å². The third-order valence-electron chi connectivity index (χ3n) is 4.61. The number of hydrogen-bond donors (Lipinski definition) is 1. The van der Waals surface area contributed by atoms with Gasteiger partial charge in [0.2, 0.25) is 5.91 Å². The second kappa shape index (κ2) is 8.04. The summed E-state index contributed by atoms with van der Waals surface area (Å²) < 4.78 is 27.2. The number of amides is 1. The van der Waals surface area contributed by atoms with Crippen molar-refractivity contribution in [3.8, 4) is 17.3 Å². The van der Waals surface area contributed by atoms with E-state index in [0.29, 0.717) is 35.8 Å². The topological polar surface area (TPSA) is 103 Å². The molecule has 0 bridgehead atoms. The summed E-state index contributed by atoms with van der Waals surface area (Å²) in [6, 6.07) is 11.6. The zero-order chi connectivity index (χ0) is 20.4. The van der Waals surface area contributed by atoms with Crippen molar-refractivity contribution in [3.05, 3.63) is 52.7 Å². The van der Waals surface area contributed by atoms with Gasteiger partial charge in [0, 0.05) is 17.5 Å². The number of nitriles is 1. The van der Waals surface area contributed by atoms with Gasteiger partial charge in [-0.15, -0.1) is 22.7 Å². The van der Waals surface area contributed by atoms with Crippen LogP contribution >= 0.6 is 22.7 Å². The van der Waals surface area contributed by atoms with Crippen LogP contribution in [0.5, 0.6) is 0 Å². The Morgan fingerprint density at radius 1 is 1.24 bits per heavy atom. The molecule has 0 saturated carbocycles. The van der Waals surface area contributed by atoms with Crippen LogP contribution in [0.2, 0.25) is 0 Å². The number of benzene rings is 1. The van der Waals surface area contributed by atoms with Gasteiger partial charge in [-0.05, 0) is 36.4 Å². The number of anilines is 1. The lowest BCUT2D eigenvalue weighted by Gasteiger charge is -2.22. The SMILES string of the molecule is N#Cc1ccc(-c2csc(NC(=O)[C@@H]3CCCN3S(=O)(=O)c3cccs3)n2)cc1. The van der Waals surface area contributed by atoms with E-state index >= 15 is 0 Å². The van der Waals surface area contributed by atoms with Crippen molar-refractivity contribution in [2.24, 2.45) is 0 Å². The third-order valence-corrected chi connectivity index (χ3v) is 8.65. The maximum Gasteiger partial charge on any atom is 0.253 e. The zero-order valence-electron chi connectivity index (χ0n) is 15.1. The smallest absolute Gasteiger partial charge is 0.253 e. The van der Waals surface area contributed by atoms with E-state index in [1.54, 1.807) is 41.8 Å². The second-order valence-electron chi connectivity index (χ2n) is 6.42. The monoisotopic (exact) mass is 444 g/mol. The van der Waals surface area contributed by atoms with E-state index in [4.69, 9.17) is 5.26 Å². The Labute approximate surface area is 176 Å². The summed E-state index contributed by atoms with van der Waals surface area (Å²) in [7, 11) is -3.68. The van der Waals surface area contributed by atoms with E-state index in [9.17, 15) is 13.2 Å². The Hall–Kier alpha value is -2.58. The normalized spacial score (nSPS) is 17.1. The van der Waals surface area contributed by atoms with E-state index in [2.05, 4.69) is 16.4 Å². The lowest BCUT2D eigenvalue weighted by atomic mass is 10.1. The van der Waals surface area contributed by atoms with Gasteiger partial charge in [-0.1, -0.05) is 18.2 Å². The van der Waals surface area contributed by atoms with Crippen LogP contribution in [-0.2, 0) is 14.8 Å². The molecule has 1 atom stereocenters. The molecule has 1 amide bonds. The minimum atomic E-state index is -3.68. The summed E-state index contributed by atoms with van der Waals surface area (Å²) in [6.07, 6.45) is 1.11. The van der Waals surface area contributed by atoms with Crippen LogP contribution in [0.15, 0.2) is 51.4 Å². The molecule has 1 aliphatic heterocycles. The maximum atomic E-state index is 12.8. The fourth-order valence-corrected chi connectivity index (χ4v) is 6.68. The molecule has 10 heteroatoms. The number of carbonyl (C=O) groups is 1. The molecule has 3 heterocycles. The molecular weight excluding hydrogens is 428 g/mol. The average Bonchev–Trinajstić information content (AvgIpc) is 3.49. The second-order valence-corrected chi connectivity index (χ2v) is 10.3. The molecule has 148 valence electrons. The molecule has 1 fully saturated rings. The van der Waals surface area contributed by atoms with Crippen molar-refractivity contribution in [1.29, 1.82) is 5.26 Å². The van der Waals surface area contributed by atoms with Crippen LogP contribution in [-0.4, -0.2) is 36.2 Å². The maximum absolute atomic E-state index is 12.8. The number of aromatic nitrogens is 1. The third kappa shape index (κ3) is 3.95. The fourth-order valence-electron chi connectivity index (χ4n) is 3.18. The van der Waals surface area contributed by atoms with Gasteiger partial charge < -0.3 is 5.32 Å². The number of nitrogens with zero attached hydrogens (tertiary/aromatic N) is 3. The van der Waals surface area contributed by atoms with Gasteiger partial charge in [-0.2, -0.15) is 9.57 Å². The first-order valence-electron chi connectivity index (χ1n) is 8.81. The van der Waals surface area contributed by atoms with Gasteiger partial charge in [0.15, 0.2) is 5.13 Å². The minimum absolute atomic E-state index is 0.245. The Balaban J connectivity index is 1.49. The van der Waals surface area contributed by atoms with Gasteiger partial charge in [0.1, 0.15) is 10.3 Å². The van der Waals surface area contributed by atoms with Gasteiger partial charge in [0.05, 0.1) is 17.3 Å². The van der Waals surface area contributed by atoms with Crippen LogP contribution in [0, 0.1) is 11.3 Å². The molecule has 7 nitrogen and oxygen atoms in total. The van der Waals surface area contributed by atoms with E-state index in [-0.39, 0.29) is 10.1 Å². The highest BCUT2D eigenvalue weighted by atomic mass is 32.2. The molecule has 2 aromatic heterocycles. The Bertz CT molecular complexity index is 1160. The predicted molar refractivity (Wildman–Crippen MR) is 112 cm³/mol. The highest BCUT2D eigenvalue weighted by Crippen LogP contribution is 2.30. The van der Waals surface area contributed by atoms with E-state index in [0.717, 1.165) is 16.9 Å². The first-order valence-corrected chi connectivity index (χ1v) is 12.0. The van der Waals surface area contributed by atoms with Crippen LogP contribution in [0.3, 0.4) is 0 Å². The molecule has 4 rings (SSSR count). The number of carbonyl (C=O) groups excluding carboxylic acids is 1. The largest absolute Gasteiger partial charge is 0.301 e.